The first-order chi connectivity index (χ1) is 9.21. The Morgan fingerprint density at radius 1 is 1.42 bits per heavy atom. The normalized spacial score (nSPS) is 12.4. The summed E-state index contributed by atoms with van der Waals surface area (Å²) >= 11 is 3.56. The molecule has 1 rings (SSSR count). The molecule has 3 N–H and O–H groups in total. The van der Waals surface area contributed by atoms with Crippen LogP contribution in [-0.2, 0) is 11.2 Å². The summed E-state index contributed by atoms with van der Waals surface area (Å²) in [5.74, 6) is 6.48. The summed E-state index contributed by atoms with van der Waals surface area (Å²) in [6.07, 6.45) is 2.85. The number of hydrogen-bond donors (Lipinski definition) is 2. The van der Waals surface area contributed by atoms with Gasteiger partial charge in [-0.15, -0.1) is 0 Å². The molecule has 1 atom stereocenters. The van der Waals surface area contributed by atoms with E-state index in [9.17, 15) is 0 Å². The van der Waals surface area contributed by atoms with Crippen LogP contribution >= 0.6 is 15.9 Å². The van der Waals surface area contributed by atoms with Crippen LogP contribution in [0.4, 0.5) is 0 Å². The molecule has 0 aliphatic heterocycles. The number of hydrazine groups is 1. The van der Waals surface area contributed by atoms with Gasteiger partial charge in [-0.05, 0) is 49.9 Å². The van der Waals surface area contributed by atoms with Crippen molar-refractivity contribution in [3.05, 3.63) is 28.2 Å². The monoisotopic (exact) mass is 330 g/mol. The van der Waals surface area contributed by atoms with Crippen LogP contribution in [0.15, 0.2) is 22.7 Å². The fourth-order valence-corrected chi connectivity index (χ4v) is 2.33. The molecule has 108 valence electrons. The summed E-state index contributed by atoms with van der Waals surface area (Å²) in [7, 11) is 1.67. The van der Waals surface area contributed by atoms with E-state index in [1.807, 2.05) is 25.1 Å². The number of benzene rings is 1. The molecule has 0 saturated heterocycles. The van der Waals surface area contributed by atoms with Crippen molar-refractivity contribution in [2.24, 2.45) is 5.84 Å². The third-order valence-electron chi connectivity index (χ3n) is 3.00. The maximum Gasteiger partial charge on any atom is 0.119 e. The molecule has 1 aromatic rings. The Kier molecular flexibility index (Phi) is 8.05. The first kappa shape index (κ1) is 16.4. The molecule has 4 nitrogen and oxygen atoms in total. The van der Waals surface area contributed by atoms with Crippen LogP contribution in [-0.4, -0.2) is 26.4 Å². The molecule has 1 aromatic carbocycles. The van der Waals surface area contributed by atoms with Gasteiger partial charge in [0.2, 0.25) is 0 Å². The van der Waals surface area contributed by atoms with Crippen LogP contribution in [0.3, 0.4) is 0 Å². The Balaban J connectivity index is 2.54. The lowest BCUT2D eigenvalue weighted by Crippen LogP contribution is -2.37. The van der Waals surface area contributed by atoms with Gasteiger partial charge in [-0.2, -0.15) is 0 Å². The first-order valence-electron chi connectivity index (χ1n) is 6.57. The quantitative estimate of drug-likeness (QED) is 0.415. The van der Waals surface area contributed by atoms with E-state index < -0.39 is 0 Å². The molecule has 0 radical (unpaired) electrons. The highest BCUT2D eigenvalue weighted by Crippen LogP contribution is 2.24. The summed E-state index contributed by atoms with van der Waals surface area (Å²) in [6.45, 7) is 3.56. The highest BCUT2D eigenvalue weighted by atomic mass is 79.9. The molecule has 0 bridgehead atoms. The molecule has 5 heteroatoms. The molecule has 1 unspecified atom stereocenters. The zero-order chi connectivity index (χ0) is 14.1. The van der Waals surface area contributed by atoms with Crippen LogP contribution in [0.1, 0.15) is 25.3 Å². The second-order valence-electron chi connectivity index (χ2n) is 4.36. The average molecular weight is 331 g/mol. The minimum Gasteiger partial charge on any atom is -0.497 e. The van der Waals surface area contributed by atoms with Crippen molar-refractivity contribution in [2.75, 3.05) is 20.3 Å². The zero-order valence-electron chi connectivity index (χ0n) is 11.6. The van der Waals surface area contributed by atoms with Gasteiger partial charge in [0, 0.05) is 23.7 Å². The second kappa shape index (κ2) is 9.31. The van der Waals surface area contributed by atoms with Crippen molar-refractivity contribution in [1.29, 1.82) is 0 Å². The Morgan fingerprint density at radius 3 is 2.84 bits per heavy atom. The van der Waals surface area contributed by atoms with Gasteiger partial charge in [-0.25, -0.2) is 0 Å². The summed E-state index contributed by atoms with van der Waals surface area (Å²) in [6, 6.07) is 6.22. The number of methoxy groups -OCH3 is 1. The van der Waals surface area contributed by atoms with Crippen LogP contribution in [0.5, 0.6) is 5.75 Å². The van der Waals surface area contributed by atoms with Crippen molar-refractivity contribution in [3.8, 4) is 5.75 Å². The molecule has 0 amide bonds. The van der Waals surface area contributed by atoms with E-state index in [-0.39, 0.29) is 6.04 Å². The predicted octanol–water partition coefficient (Wildman–Crippen LogP) is 2.65. The van der Waals surface area contributed by atoms with E-state index in [1.54, 1.807) is 7.11 Å². The van der Waals surface area contributed by atoms with Crippen molar-refractivity contribution in [3.63, 3.8) is 0 Å². The van der Waals surface area contributed by atoms with Gasteiger partial charge in [-0.1, -0.05) is 15.9 Å². The first-order valence-corrected chi connectivity index (χ1v) is 7.36. The van der Waals surface area contributed by atoms with E-state index >= 15 is 0 Å². The fourth-order valence-electron chi connectivity index (χ4n) is 1.92. The molecule has 0 fully saturated rings. The lowest BCUT2D eigenvalue weighted by molar-refractivity contribution is 0.140. The van der Waals surface area contributed by atoms with Gasteiger partial charge in [0.15, 0.2) is 0 Å². The summed E-state index contributed by atoms with van der Waals surface area (Å²) in [5.41, 5.74) is 4.07. The highest BCUT2D eigenvalue weighted by Gasteiger charge is 2.11. The van der Waals surface area contributed by atoms with Crippen LogP contribution in [0.25, 0.3) is 0 Å². The van der Waals surface area contributed by atoms with Crippen LogP contribution in [0, 0.1) is 0 Å². The molecule has 0 aliphatic rings. The average Bonchev–Trinajstić information content (AvgIpc) is 2.44. The Bertz CT molecular complexity index is 374. The smallest absolute Gasteiger partial charge is 0.119 e. The molecular formula is C14H23BrN2O2. The molecule has 0 heterocycles. The predicted molar refractivity (Wildman–Crippen MR) is 81.2 cm³/mol. The Labute approximate surface area is 123 Å². The molecule has 0 spiro atoms. The largest absolute Gasteiger partial charge is 0.497 e. The minimum atomic E-state index is 0.240. The number of hydrogen-bond acceptors (Lipinski definition) is 4. The van der Waals surface area contributed by atoms with Crippen molar-refractivity contribution < 1.29 is 9.47 Å². The topological polar surface area (TPSA) is 56.5 Å². The molecule has 0 aliphatic carbocycles. The maximum atomic E-state index is 5.62. The van der Waals surface area contributed by atoms with E-state index in [0.717, 1.165) is 42.7 Å². The van der Waals surface area contributed by atoms with E-state index in [2.05, 4.69) is 21.4 Å². The lowest BCUT2D eigenvalue weighted by Gasteiger charge is -2.17. The van der Waals surface area contributed by atoms with E-state index in [1.165, 1.54) is 5.56 Å². The highest BCUT2D eigenvalue weighted by molar-refractivity contribution is 9.10. The molecular weight excluding hydrogens is 308 g/mol. The molecule has 0 aromatic heterocycles. The number of ether oxygens (including phenoxy) is 2. The number of halogens is 1. The SMILES string of the molecule is CCOCCCC(Cc1cc(OC)ccc1Br)NN. The molecule has 0 saturated carbocycles. The van der Waals surface area contributed by atoms with Gasteiger partial charge >= 0.3 is 0 Å². The fraction of sp³-hybridized carbons (Fsp3) is 0.571. The lowest BCUT2D eigenvalue weighted by atomic mass is 10.0. The third kappa shape index (κ3) is 5.91. The summed E-state index contributed by atoms with van der Waals surface area (Å²) < 4.78 is 11.7. The van der Waals surface area contributed by atoms with Crippen molar-refractivity contribution >= 4 is 15.9 Å². The van der Waals surface area contributed by atoms with Crippen molar-refractivity contribution in [2.45, 2.75) is 32.2 Å². The van der Waals surface area contributed by atoms with E-state index in [4.69, 9.17) is 15.3 Å². The van der Waals surface area contributed by atoms with Gasteiger partial charge in [0.25, 0.3) is 0 Å². The second-order valence-corrected chi connectivity index (χ2v) is 5.22. The summed E-state index contributed by atoms with van der Waals surface area (Å²) in [5, 5.41) is 0. The summed E-state index contributed by atoms with van der Waals surface area (Å²) in [4.78, 5) is 0. The van der Waals surface area contributed by atoms with Gasteiger partial charge in [0.05, 0.1) is 7.11 Å². The Hall–Kier alpha value is -0.620. The molecule has 19 heavy (non-hydrogen) atoms. The number of nitrogens with one attached hydrogen (secondary N) is 1. The minimum absolute atomic E-state index is 0.240. The zero-order valence-corrected chi connectivity index (χ0v) is 13.2. The third-order valence-corrected chi connectivity index (χ3v) is 3.77. The Morgan fingerprint density at radius 2 is 2.21 bits per heavy atom. The van der Waals surface area contributed by atoms with Crippen LogP contribution < -0.4 is 16.0 Å². The van der Waals surface area contributed by atoms with Crippen LogP contribution in [0.2, 0.25) is 0 Å². The standard InChI is InChI=1S/C14H23BrN2O2/c1-3-19-8-4-5-12(17-16)9-11-10-13(18-2)6-7-14(11)15/h6-7,10,12,17H,3-5,8-9,16H2,1-2H3. The van der Waals surface area contributed by atoms with Gasteiger partial charge in [-0.3, -0.25) is 11.3 Å². The number of nitrogens with two attached hydrogens (primary N) is 1. The van der Waals surface area contributed by atoms with Gasteiger partial charge < -0.3 is 9.47 Å². The maximum absolute atomic E-state index is 5.62. The van der Waals surface area contributed by atoms with E-state index in [0.29, 0.717) is 0 Å². The van der Waals surface area contributed by atoms with Crippen molar-refractivity contribution in [1.82, 2.24) is 5.43 Å². The van der Waals surface area contributed by atoms with Gasteiger partial charge in [0.1, 0.15) is 5.75 Å². The number of rotatable bonds is 9.